The molecular weight excluding hydrogens is 1110 g/mol. The van der Waals surface area contributed by atoms with E-state index < -0.39 is 86.8 Å². The monoisotopic (exact) mass is 1250 g/mol. The molecule has 14 nitrogen and oxygen atoms in total. The summed E-state index contributed by atoms with van der Waals surface area (Å²) in [4.78, 5) is 13.3. The number of hydrogen-bond donors (Lipinski definition) is 9. The van der Waals surface area contributed by atoms with E-state index in [1.165, 1.54) is 244 Å². The molecule has 2 heterocycles. The zero-order chi connectivity index (χ0) is 63.8. The number of rotatable bonds is 61. The van der Waals surface area contributed by atoms with Crippen LogP contribution >= 0.6 is 0 Å². The van der Waals surface area contributed by atoms with Crippen molar-refractivity contribution in [2.24, 2.45) is 0 Å². The minimum absolute atomic E-state index is 0.235. The molecule has 0 saturated carbocycles. The van der Waals surface area contributed by atoms with Crippen molar-refractivity contribution in [3.05, 3.63) is 48.6 Å². The maximum atomic E-state index is 13.3. The number of allylic oxidation sites excluding steroid dienone is 7. The highest BCUT2D eigenvalue weighted by Gasteiger charge is 2.51. The van der Waals surface area contributed by atoms with E-state index in [2.05, 4.69) is 55.6 Å². The topological polar surface area (TPSA) is 228 Å². The second kappa shape index (κ2) is 58.7. The molecule has 12 unspecified atom stereocenters. The number of nitrogens with one attached hydrogen (secondary N) is 1. The van der Waals surface area contributed by atoms with E-state index in [0.29, 0.717) is 6.42 Å². The van der Waals surface area contributed by atoms with Crippen molar-refractivity contribution in [2.45, 2.75) is 396 Å². The SMILES string of the molecule is CCCCCCC/C=C\C/C=C\C/C=C\CCCCCCCCCCCCCCCCCCCCCCCCCCCCC(=O)NC(COC1OC(CO)C(OC2OC(CO)C(O)C(O)C2O)C(O)C1O)C(O)/C=C/CCCCCCCCCCCCC. The van der Waals surface area contributed by atoms with Crippen molar-refractivity contribution in [1.29, 1.82) is 0 Å². The number of aliphatic hydroxyl groups is 8. The first kappa shape index (κ1) is 82.0. The van der Waals surface area contributed by atoms with Gasteiger partial charge in [0.1, 0.15) is 48.8 Å². The van der Waals surface area contributed by atoms with Gasteiger partial charge in [-0.3, -0.25) is 4.79 Å². The molecule has 2 rings (SSSR count). The Morgan fingerprint density at radius 3 is 1.15 bits per heavy atom. The highest BCUT2D eigenvalue weighted by molar-refractivity contribution is 5.76. The third kappa shape index (κ3) is 42.2. The molecule has 0 aromatic rings. The van der Waals surface area contributed by atoms with E-state index >= 15 is 0 Å². The van der Waals surface area contributed by atoms with Crippen LogP contribution in [0.25, 0.3) is 0 Å². The lowest BCUT2D eigenvalue weighted by atomic mass is 9.97. The van der Waals surface area contributed by atoms with Gasteiger partial charge in [-0.1, -0.05) is 306 Å². The Morgan fingerprint density at radius 1 is 0.409 bits per heavy atom. The van der Waals surface area contributed by atoms with Gasteiger partial charge in [-0.25, -0.2) is 0 Å². The van der Waals surface area contributed by atoms with Gasteiger partial charge in [0, 0.05) is 6.42 Å². The molecule has 1 amide bonds. The van der Waals surface area contributed by atoms with Crippen molar-refractivity contribution >= 4 is 5.91 Å². The standard InChI is InChI=1S/C74H137NO13/c1-3-5-7-9-11-13-15-17-18-19-20-21-22-23-24-25-26-27-28-29-30-31-32-33-34-35-36-37-38-39-40-41-42-43-44-46-48-50-52-54-56-58-66(79)75-62(63(78)57-55-53-51-49-47-45-16-14-12-10-8-6-4-2)61-85-73-71(84)69(82)72(65(60-77)87-73)88-74-70(83)68(81)67(80)64(59-76)86-74/h15,17,19-20,22-23,55,57,62-65,67-74,76-78,80-84H,3-14,16,18,21,24-54,56,58-61H2,1-2H3,(H,75,79)/b17-15-,20-19-,23-22-,57-55+. The van der Waals surface area contributed by atoms with E-state index in [4.69, 9.17) is 18.9 Å². The Kier molecular flexibility index (Phi) is 54.8. The van der Waals surface area contributed by atoms with Gasteiger partial charge >= 0.3 is 0 Å². The van der Waals surface area contributed by atoms with E-state index in [1.54, 1.807) is 6.08 Å². The maximum Gasteiger partial charge on any atom is 0.220 e. The molecule has 0 spiro atoms. The Bertz CT molecular complexity index is 1660. The summed E-state index contributed by atoms with van der Waals surface area (Å²) in [5.74, 6) is -0.235. The summed E-state index contributed by atoms with van der Waals surface area (Å²) in [7, 11) is 0. The van der Waals surface area contributed by atoms with E-state index in [-0.39, 0.29) is 18.9 Å². The molecule has 0 radical (unpaired) electrons. The lowest BCUT2D eigenvalue weighted by molar-refractivity contribution is -0.359. The highest BCUT2D eigenvalue weighted by Crippen LogP contribution is 2.30. The predicted octanol–water partition coefficient (Wildman–Crippen LogP) is 15.5. The lowest BCUT2D eigenvalue weighted by Gasteiger charge is -2.46. The Morgan fingerprint density at radius 2 is 0.750 bits per heavy atom. The molecule has 0 aromatic carbocycles. The lowest BCUT2D eigenvalue weighted by Crippen LogP contribution is -2.65. The first-order chi connectivity index (χ1) is 43.1. The summed E-state index contributed by atoms with van der Waals surface area (Å²) in [6.45, 7) is 2.80. The summed E-state index contributed by atoms with van der Waals surface area (Å²) in [5.41, 5.74) is 0. The second-order valence-corrected chi connectivity index (χ2v) is 26.1. The summed E-state index contributed by atoms with van der Waals surface area (Å²) < 4.78 is 22.8. The number of hydrogen-bond acceptors (Lipinski definition) is 13. The zero-order valence-electron chi connectivity index (χ0n) is 56.2. The molecule has 88 heavy (non-hydrogen) atoms. The van der Waals surface area contributed by atoms with Crippen LogP contribution in [0.1, 0.15) is 322 Å². The Hall–Kier alpha value is -2.05. The smallest absolute Gasteiger partial charge is 0.220 e. The molecule has 2 aliphatic heterocycles. The molecule has 2 saturated heterocycles. The molecular formula is C74H137NO13. The van der Waals surface area contributed by atoms with Gasteiger partial charge < -0.3 is 65.1 Å². The Balaban J connectivity index is 1.53. The molecule has 0 bridgehead atoms. The van der Waals surface area contributed by atoms with Crippen molar-refractivity contribution in [3.63, 3.8) is 0 Å². The summed E-state index contributed by atoms with van der Waals surface area (Å²) in [5, 5.41) is 87.2. The third-order valence-corrected chi connectivity index (χ3v) is 18.0. The molecule has 2 aliphatic rings. The summed E-state index contributed by atoms with van der Waals surface area (Å²) in [6.07, 6.45) is 60.6. The molecule has 9 N–H and O–H groups in total. The van der Waals surface area contributed by atoms with Crippen LogP contribution in [-0.2, 0) is 23.7 Å². The first-order valence-electron chi connectivity index (χ1n) is 36.9. The van der Waals surface area contributed by atoms with Crippen molar-refractivity contribution in [2.75, 3.05) is 19.8 Å². The van der Waals surface area contributed by atoms with Crippen molar-refractivity contribution < 1.29 is 64.6 Å². The fourth-order valence-corrected chi connectivity index (χ4v) is 12.1. The fourth-order valence-electron chi connectivity index (χ4n) is 12.1. The van der Waals surface area contributed by atoms with Crippen LogP contribution in [0.15, 0.2) is 48.6 Å². The molecule has 0 aromatic heterocycles. The first-order valence-corrected chi connectivity index (χ1v) is 36.9. The number of carbonyl (C=O) groups is 1. The van der Waals surface area contributed by atoms with Gasteiger partial charge in [-0.15, -0.1) is 0 Å². The average molecular weight is 1250 g/mol. The van der Waals surface area contributed by atoms with Crippen LogP contribution in [0, 0.1) is 0 Å². The van der Waals surface area contributed by atoms with E-state index in [0.717, 1.165) is 51.4 Å². The van der Waals surface area contributed by atoms with Crippen molar-refractivity contribution in [3.8, 4) is 0 Å². The fraction of sp³-hybridized carbons (Fsp3) is 0.878. The second-order valence-electron chi connectivity index (χ2n) is 26.1. The van der Waals surface area contributed by atoms with Crippen molar-refractivity contribution in [1.82, 2.24) is 5.32 Å². The van der Waals surface area contributed by atoms with Crippen LogP contribution in [0.5, 0.6) is 0 Å². The molecule has 12 atom stereocenters. The van der Waals surface area contributed by atoms with Gasteiger partial charge in [-0.2, -0.15) is 0 Å². The van der Waals surface area contributed by atoms with Gasteiger partial charge in [-0.05, 0) is 57.8 Å². The highest BCUT2D eigenvalue weighted by atomic mass is 16.7. The van der Waals surface area contributed by atoms with Crippen LogP contribution in [-0.4, -0.2) is 140 Å². The van der Waals surface area contributed by atoms with E-state index in [9.17, 15) is 45.6 Å². The third-order valence-electron chi connectivity index (χ3n) is 18.0. The average Bonchev–Trinajstić information content (AvgIpc) is 2.45. The van der Waals surface area contributed by atoms with Gasteiger partial charge in [0.2, 0.25) is 5.91 Å². The van der Waals surface area contributed by atoms with Crippen LogP contribution in [0.3, 0.4) is 0 Å². The number of aliphatic hydroxyl groups excluding tert-OH is 8. The normalized spacial score (nSPS) is 23.4. The Labute approximate surface area is 537 Å². The molecule has 14 heteroatoms. The molecule has 2 fully saturated rings. The minimum atomic E-state index is -1.79. The van der Waals surface area contributed by atoms with Gasteiger partial charge in [0.05, 0.1) is 32.0 Å². The van der Waals surface area contributed by atoms with Crippen LogP contribution in [0.2, 0.25) is 0 Å². The van der Waals surface area contributed by atoms with Gasteiger partial charge in [0.15, 0.2) is 12.6 Å². The van der Waals surface area contributed by atoms with Crippen LogP contribution < -0.4 is 5.32 Å². The minimum Gasteiger partial charge on any atom is -0.394 e. The van der Waals surface area contributed by atoms with Crippen LogP contribution in [0.4, 0.5) is 0 Å². The number of ether oxygens (including phenoxy) is 4. The summed E-state index contributed by atoms with van der Waals surface area (Å²) in [6, 6.07) is -0.912. The van der Waals surface area contributed by atoms with Gasteiger partial charge in [0.25, 0.3) is 0 Å². The van der Waals surface area contributed by atoms with E-state index in [1.807, 2.05) is 6.08 Å². The largest absolute Gasteiger partial charge is 0.394 e. The molecule has 0 aliphatic carbocycles. The number of carbonyl (C=O) groups excluding carboxylic acids is 1. The number of unbranched alkanes of at least 4 members (excludes halogenated alkanes) is 42. The maximum absolute atomic E-state index is 13.3. The number of amides is 1. The quantitative estimate of drug-likeness (QED) is 0.0204. The summed E-state index contributed by atoms with van der Waals surface area (Å²) >= 11 is 0. The zero-order valence-corrected chi connectivity index (χ0v) is 56.2. The molecule has 516 valence electrons. The predicted molar refractivity (Wildman–Crippen MR) is 360 cm³/mol.